The van der Waals surface area contributed by atoms with Crippen molar-refractivity contribution in [2.75, 3.05) is 12.3 Å². The van der Waals surface area contributed by atoms with Crippen molar-refractivity contribution in [2.45, 2.75) is 25.5 Å². The van der Waals surface area contributed by atoms with Gasteiger partial charge in [0.1, 0.15) is 6.23 Å². The van der Waals surface area contributed by atoms with Crippen LogP contribution in [0.15, 0.2) is 42.7 Å². The minimum Gasteiger partial charge on any atom is -0.399 e. The lowest BCUT2D eigenvalue weighted by atomic mass is 10.1. The Bertz CT molecular complexity index is 510. The third-order valence-electron chi connectivity index (χ3n) is 3.45. The zero-order chi connectivity index (χ0) is 12.4. The minimum atomic E-state index is 0.210. The molecule has 0 bridgehead atoms. The molecule has 2 heterocycles. The number of hydrogen-bond donors (Lipinski definition) is 1. The summed E-state index contributed by atoms with van der Waals surface area (Å²) in [5, 5.41) is 0. The summed E-state index contributed by atoms with van der Waals surface area (Å²) in [6, 6.07) is 10.1. The van der Waals surface area contributed by atoms with Crippen molar-refractivity contribution in [1.82, 2.24) is 4.57 Å². The van der Waals surface area contributed by atoms with Crippen molar-refractivity contribution in [2.24, 2.45) is 0 Å². The molecule has 0 spiro atoms. The first kappa shape index (κ1) is 11.4. The van der Waals surface area contributed by atoms with Gasteiger partial charge in [-0.2, -0.15) is 0 Å². The fourth-order valence-corrected chi connectivity index (χ4v) is 2.40. The molecule has 3 heteroatoms. The first-order valence-corrected chi connectivity index (χ1v) is 6.48. The van der Waals surface area contributed by atoms with Gasteiger partial charge >= 0.3 is 0 Å². The summed E-state index contributed by atoms with van der Waals surface area (Å²) in [6.45, 7) is 0.875. The molecule has 1 aromatic heterocycles. The van der Waals surface area contributed by atoms with Crippen molar-refractivity contribution in [3.8, 4) is 11.1 Å². The highest BCUT2D eigenvalue weighted by Gasteiger charge is 2.15. The lowest BCUT2D eigenvalue weighted by molar-refractivity contribution is -0.0317. The minimum absolute atomic E-state index is 0.210. The SMILES string of the molecule is Nc1ccc(-c2ccn(C3CCCCO3)c2)cc1. The van der Waals surface area contributed by atoms with E-state index in [1.54, 1.807) is 0 Å². The van der Waals surface area contributed by atoms with E-state index in [9.17, 15) is 0 Å². The van der Waals surface area contributed by atoms with Gasteiger partial charge in [-0.1, -0.05) is 12.1 Å². The van der Waals surface area contributed by atoms with E-state index >= 15 is 0 Å². The van der Waals surface area contributed by atoms with E-state index in [-0.39, 0.29) is 6.23 Å². The summed E-state index contributed by atoms with van der Waals surface area (Å²) in [7, 11) is 0. The Morgan fingerprint density at radius 3 is 2.61 bits per heavy atom. The highest BCUT2D eigenvalue weighted by molar-refractivity contribution is 5.64. The van der Waals surface area contributed by atoms with E-state index in [4.69, 9.17) is 10.5 Å². The van der Waals surface area contributed by atoms with Gasteiger partial charge in [0.05, 0.1) is 0 Å². The van der Waals surface area contributed by atoms with Gasteiger partial charge in [0.15, 0.2) is 0 Å². The van der Waals surface area contributed by atoms with Gasteiger partial charge in [0, 0.05) is 24.7 Å². The highest BCUT2D eigenvalue weighted by Crippen LogP contribution is 2.27. The van der Waals surface area contributed by atoms with Gasteiger partial charge in [-0.25, -0.2) is 0 Å². The average molecular weight is 242 g/mol. The molecule has 2 aromatic rings. The second kappa shape index (κ2) is 4.86. The van der Waals surface area contributed by atoms with Crippen LogP contribution >= 0.6 is 0 Å². The molecule has 0 aliphatic carbocycles. The molecule has 1 atom stereocenters. The van der Waals surface area contributed by atoms with E-state index in [1.807, 2.05) is 12.1 Å². The Morgan fingerprint density at radius 2 is 1.89 bits per heavy atom. The molecule has 94 valence electrons. The maximum Gasteiger partial charge on any atom is 0.133 e. The molecule has 1 aliphatic rings. The summed E-state index contributed by atoms with van der Waals surface area (Å²) in [4.78, 5) is 0. The molecular formula is C15H18N2O. The van der Waals surface area contributed by atoms with E-state index in [0.29, 0.717) is 0 Å². The van der Waals surface area contributed by atoms with Crippen molar-refractivity contribution >= 4 is 5.69 Å². The van der Waals surface area contributed by atoms with Gasteiger partial charge in [-0.15, -0.1) is 0 Å². The number of ether oxygens (including phenoxy) is 1. The molecule has 0 saturated carbocycles. The van der Waals surface area contributed by atoms with E-state index < -0.39 is 0 Å². The van der Waals surface area contributed by atoms with E-state index in [0.717, 1.165) is 18.7 Å². The normalized spacial score (nSPS) is 19.9. The van der Waals surface area contributed by atoms with E-state index in [2.05, 4.69) is 35.2 Å². The highest BCUT2D eigenvalue weighted by atomic mass is 16.5. The molecule has 2 N–H and O–H groups in total. The average Bonchev–Trinajstić information content (AvgIpc) is 2.90. The molecule has 1 aliphatic heterocycles. The molecule has 0 radical (unpaired) electrons. The van der Waals surface area contributed by atoms with Crippen LogP contribution in [0.1, 0.15) is 25.5 Å². The maximum absolute atomic E-state index is 5.78. The Hall–Kier alpha value is -1.74. The quantitative estimate of drug-likeness (QED) is 0.819. The Morgan fingerprint density at radius 1 is 1.06 bits per heavy atom. The number of rotatable bonds is 2. The second-order valence-corrected chi connectivity index (χ2v) is 4.79. The van der Waals surface area contributed by atoms with Gasteiger partial charge in [-0.05, 0) is 48.6 Å². The second-order valence-electron chi connectivity index (χ2n) is 4.79. The summed E-state index contributed by atoms with van der Waals surface area (Å²) >= 11 is 0. The Labute approximate surface area is 107 Å². The molecule has 18 heavy (non-hydrogen) atoms. The fourth-order valence-electron chi connectivity index (χ4n) is 2.40. The molecule has 3 rings (SSSR count). The summed E-state index contributed by atoms with van der Waals surface area (Å²) in [6.07, 6.45) is 8.00. The van der Waals surface area contributed by atoms with E-state index in [1.165, 1.54) is 24.0 Å². The molecule has 1 aromatic carbocycles. The van der Waals surface area contributed by atoms with Crippen LogP contribution < -0.4 is 5.73 Å². The summed E-state index contributed by atoms with van der Waals surface area (Å²) < 4.78 is 7.95. The van der Waals surface area contributed by atoms with Gasteiger partial charge in [0.2, 0.25) is 0 Å². The number of nitrogen functional groups attached to an aromatic ring is 1. The van der Waals surface area contributed by atoms with Crippen LogP contribution in [0.5, 0.6) is 0 Å². The standard InChI is InChI=1S/C15H18N2O/c16-14-6-4-12(5-7-14)13-8-9-17(11-13)15-3-1-2-10-18-15/h4-9,11,15H,1-3,10,16H2. The van der Waals surface area contributed by atoms with Crippen molar-refractivity contribution in [3.63, 3.8) is 0 Å². The lowest BCUT2D eigenvalue weighted by Gasteiger charge is -2.23. The number of nitrogens with zero attached hydrogens (tertiary/aromatic N) is 1. The lowest BCUT2D eigenvalue weighted by Crippen LogP contribution is -2.16. The smallest absolute Gasteiger partial charge is 0.133 e. The topological polar surface area (TPSA) is 40.2 Å². The Kier molecular flexibility index (Phi) is 3.07. The molecule has 1 saturated heterocycles. The third kappa shape index (κ3) is 2.27. The van der Waals surface area contributed by atoms with Crippen LogP contribution in [0.25, 0.3) is 11.1 Å². The maximum atomic E-state index is 5.78. The number of aromatic nitrogens is 1. The number of anilines is 1. The Balaban J connectivity index is 1.82. The molecule has 0 amide bonds. The van der Waals surface area contributed by atoms with Crippen LogP contribution in [0.2, 0.25) is 0 Å². The fraction of sp³-hybridized carbons (Fsp3) is 0.333. The first-order valence-electron chi connectivity index (χ1n) is 6.48. The zero-order valence-electron chi connectivity index (χ0n) is 10.4. The van der Waals surface area contributed by atoms with Crippen molar-refractivity contribution in [1.29, 1.82) is 0 Å². The van der Waals surface area contributed by atoms with Crippen molar-refractivity contribution in [3.05, 3.63) is 42.7 Å². The van der Waals surface area contributed by atoms with Crippen LogP contribution in [0.4, 0.5) is 5.69 Å². The van der Waals surface area contributed by atoms with Crippen LogP contribution in [0, 0.1) is 0 Å². The molecule has 1 fully saturated rings. The largest absolute Gasteiger partial charge is 0.399 e. The summed E-state index contributed by atoms with van der Waals surface area (Å²) in [5.74, 6) is 0. The van der Waals surface area contributed by atoms with Gasteiger partial charge in [-0.3, -0.25) is 0 Å². The predicted octanol–water partition coefficient (Wildman–Crippen LogP) is 3.44. The monoisotopic (exact) mass is 242 g/mol. The van der Waals surface area contributed by atoms with Crippen LogP contribution in [-0.2, 0) is 4.74 Å². The van der Waals surface area contributed by atoms with Crippen LogP contribution in [0.3, 0.4) is 0 Å². The summed E-state index contributed by atoms with van der Waals surface area (Å²) in [5.41, 5.74) is 8.91. The number of benzene rings is 1. The van der Waals surface area contributed by atoms with Gasteiger partial charge < -0.3 is 15.0 Å². The number of nitrogens with two attached hydrogens (primary N) is 1. The predicted molar refractivity (Wildman–Crippen MR) is 73.1 cm³/mol. The molecular weight excluding hydrogens is 224 g/mol. The zero-order valence-corrected chi connectivity index (χ0v) is 10.4. The molecule has 3 nitrogen and oxygen atoms in total. The van der Waals surface area contributed by atoms with Crippen LogP contribution in [-0.4, -0.2) is 11.2 Å². The number of hydrogen-bond acceptors (Lipinski definition) is 2. The van der Waals surface area contributed by atoms with Crippen molar-refractivity contribution < 1.29 is 4.74 Å². The third-order valence-corrected chi connectivity index (χ3v) is 3.45. The van der Waals surface area contributed by atoms with Gasteiger partial charge in [0.25, 0.3) is 0 Å². The first-order chi connectivity index (χ1) is 8.83. The molecule has 1 unspecified atom stereocenters.